The summed E-state index contributed by atoms with van der Waals surface area (Å²) in [6, 6.07) is 19.7. The molecule has 0 saturated carbocycles. The van der Waals surface area contributed by atoms with E-state index in [0.29, 0.717) is 17.2 Å². The SMILES string of the molecule is Cc1cccc(-c2ccc(N)cc2Oc2cccc(F)c2)c1. The minimum atomic E-state index is -0.335. The van der Waals surface area contributed by atoms with Gasteiger partial charge in [-0.2, -0.15) is 0 Å². The normalized spacial score (nSPS) is 10.5. The van der Waals surface area contributed by atoms with Crippen LogP contribution in [0, 0.1) is 12.7 Å². The van der Waals surface area contributed by atoms with Gasteiger partial charge in [0.1, 0.15) is 17.3 Å². The average molecular weight is 293 g/mol. The molecule has 2 N–H and O–H groups in total. The molecular formula is C19H16FNO. The van der Waals surface area contributed by atoms with E-state index in [1.807, 2.05) is 37.3 Å². The molecule has 0 aliphatic carbocycles. The van der Waals surface area contributed by atoms with Crippen molar-refractivity contribution in [2.75, 3.05) is 5.73 Å². The third kappa shape index (κ3) is 3.09. The summed E-state index contributed by atoms with van der Waals surface area (Å²) in [5, 5.41) is 0. The van der Waals surface area contributed by atoms with E-state index in [-0.39, 0.29) is 5.82 Å². The van der Waals surface area contributed by atoms with Crippen molar-refractivity contribution in [1.29, 1.82) is 0 Å². The van der Waals surface area contributed by atoms with E-state index in [0.717, 1.165) is 16.7 Å². The second-order valence-electron chi connectivity index (χ2n) is 5.18. The maximum Gasteiger partial charge on any atom is 0.137 e. The summed E-state index contributed by atoms with van der Waals surface area (Å²) >= 11 is 0. The third-order valence-electron chi connectivity index (χ3n) is 3.36. The smallest absolute Gasteiger partial charge is 0.137 e. The summed E-state index contributed by atoms with van der Waals surface area (Å²) in [5.74, 6) is 0.717. The Morgan fingerprint density at radius 3 is 2.50 bits per heavy atom. The molecule has 22 heavy (non-hydrogen) atoms. The van der Waals surface area contributed by atoms with Crippen LogP contribution in [0.3, 0.4) is 0 Å². The molecule has 0 bridgehead atoms. The van der Waals surface area contributed by atoms with Gasteiger partial charge in [0.2, 0.25) is 0 Å². The predicted molar refractivity (Wildman–Crippen MR) is 87.5 cm³/mol. The van der Waals surface area contributed by atoms with Crippen molar-refractivity contribution in [3.8, 4) is 22.6 Å². The highest BCUT2D eigenvalue weighted by Crippen LogP contribution is 2.35. The predicted octanol–water partition coefficient (Wildman–Crippen LogP) is 5.18. The number of nitrogens with two attached hydrogens (primary N) is 1. The molecule has 110 valence electrons. The van der Waals surface area contributed by atoms with E-state index in [4.69, 9.17) is 10.5 Å². The Balaban J connectivity index is 2.05. The van der Waals surface area contributed by atoms with E-state index in [2.05, 4.69) is 6.07 Å². The summed E-state index contributed by atoms with van der Waals surface area (Å²) in [6.45, 7) is 2.04. The first kappa shape index (κ1) is 14.1. The summed E-state index contributed by atoms with van der Waals surface area (Å²) in [6.07, 6.45) is 0. The third-order valence-corrected chi connectivity index (χ3v) is 3.36. The van der Waals surface area contributed by atoms with Crippen molar-refractivity contribution >= 4 is 5.69 Å². The standard InChI is InChI=1S/C19H16FNO/c1-13-4-2-5-14(10-13)18-9-8-16(21)12-19(18)22-17-7-3-6-15(20)11-17/h2-12H,21H2,1H3. The number of hydrogen-bond donors (Lipinski definition) is 1. The van der Waals surface area contributed by atoms with Gasteiger partial charge in [-0.1, -0.05) is 35.9 Å². The molecule has 0 unspecified atom stereocenters. The maximum atomic E-state index is 13.3. The van der Waals surface area contributed by atoms with Gasteiger partial charge < -0.3 is 10.5 Å². The molecule has 0 atom stereocenters. The average Bonchev–Trinajstić information content (AvgIpc) is 2.47. The fourth-order valence-electron chi connectivity index (χ4n) is 2.33. The lowest BCUT2D eigenvalue weighted by atomic mass is 10.0. The minimum Gasteiger partial charge on any atom is -0.457 e. The quantitative estimate of drug-likeness (QED) is 0.676. The monoisotopic (exact) mass is 293 g/mol. The van der Waals surface area contributed by atoms with Gasteiger partial charge in [-0.05, 0) is 36.8 Å². The van der Waals surface area contributed by atoms with Crippen LogP contribution in [0.5, 0.6) is 11.5 Å². The fraction of sp³-hybridized carbons (Fsp3) is 0.0526. The van der Waals surface area contributed by atoms with Crippen molar-refractivity contribution in [2.45, 2.75) is 6.92 Å². The molecule has 0 aromatic heterocycles. The molecule has 0 aliphatic heterocycles. The van der Waals surface area contributed by atoms with Crippen molar-refractivity contribution in [3.05, 3.63) is 78.1 Å². The van der Waals surface area contributed by atoms with E-state index in [1.165, 1.54) is 12.1 Å². The van der Waals surface area contributed by atoms with Crippen LogP contribution in [-0.2, 0) is 0 Å². The molecule has 0 amide bonds. The highest BCUT2D eigenvalue weighted by molar-refractivity contribution is 5.73. The largest absolute Gasteiger partial charge is 0.457 e. The van der Waals surface area contributed by atoms with Crippen LogP contribution in [0.15, 0.2) is 66.7 Å². The van der Waals surface area contributed by atoms with Crippen LogP contribution < -0.4 is 10.5 Å². The number of hydrogen-bond acceptors (Lipinski definition) is 2. The summed E-state index contributed by atoms with van der Waals surface area (Å²) in [5.41, 5.74) is 9.58. The van der Waals surface area contributed by atoms with Gasteiger partial charge in [-0.3, -0.25) is 0 Å². The van der Waals surface area contributed by atoms with Crippen LogP contribution in [0.1, 0.15) is 5.56 Å². The number of rotatable bonds is 3. The highest BCUT2D eigenvalue weighted by Gasteiger charge is 2.09. The molecule has 3 heteroatoms. The van der Waals surface area contributed by atoms with Crippen molar-refractivity contribution in [3.63, 3.8) is 0 Å². The Bertz CT molecular complexity index is 814. The number of benzene rings is 3. The van der Waals surface area contributed by atoms with E-state index in [1.54, 1.807) is 18.2 Å². The fourth-order valence-corrected chi connectivity index (χ4v) is 2.33. The molecule has 3 rings (SSSR count). The Morgan fingerprint density at radius 2 is 1.73 bits per heavy atom. The van der Waals surface area contributed by atoms with Gasteiger partial charge in [-0.25, -0.2) is 4.39 Å². The second kappa shape index (κ2) is 5.90. The van der Waals surface area contributed by atoms with Crippen molar-refractivity contribution in [2.24, 2.45) is 0 Å². The van der Waals surface area contributed by atoms with Crippen LogP contribution in [0.4, 0.5) is 10.1 Å². The molecule has 0 radical (unpaired) electrons. The molecule has 0 saturated heterocycles. The number of halogens is 1. The number of nitrogen functional groups attached to an aromatic ring is 1. The van der Waals surface area contributed by atoms with Crippen LogP contribution >= 0.6 is 0 Å². The number of aryl methyl sites for hydroxylation is 1. The highest BCUT2D eigenvalue weighted by atomic mass is 19.1. The van der Waals surface area contributed by atoms with Crippen LogP contribution in [0.2, 0.25) is 0 Å². The van der Waals surface area contributed by atoms with Crippen LogP contribution in [0.25, 0.3) is 11.1 Å². The Labute approximate surface area is 129 Å². The zero-order chi connectivity index (χ0) is 15.5. The molecule has 0 heterocycles. The molecule has 3 aromatic rings. The Kier molecular flexibility index (Phi) is 3.79. The zero-order valence-electron chi connectivity index (χ0n) is 12.2. The molecular weight excluding hydrogens is 277 g/mol. The van der Waals surface area contributed by atoms with E-state index >= 15 is 0 Å². The van der Waals surface area contributed by atoms with Gasteiger partial charge in [0.25, 0.3) is 0 Å². The van der Waals surface area contributed by atoms with E-state index < -0.39 is 0 Å². The number of anilines is 1. The lowest BCUT2D eigenvalue weighted by Crippen LogP contribution is -1.92. The topological polar surface area (TPSA) is 35.2 Å². The van der Waals surface area contributed by atoms with Gasteiger partial charge in [0, 0.05) is 23.4 Å². The van der Waals surface area contributed by atoms with Gasteiger partial charge in [-0.15, -0.1) is 0 Å². The summed E-state index contributed by atoms with van der Waals surface area (Å²) in [7, 11) is 0. The van der Waals surface area contributed by atoms with Gasteiger partial charge in [0.05, 0.1) is 0 Å². The zero-order valence-corrected chi connectivity index (χ0v) is 12.2. The first-order valence-corrected chi connectivity index (χ1v) is 7.02. The molecule has 2 nitrogen and oxygen atoms in total. The summed E-state index contributed by atoms with van der Waals surface area (Å²) < 4.78 is 19.2. The Morgan fingerprint density at radius 1 is 0.909 bits per heavy atom. The lowest BCUT2D eigenvalue weighted by Gasteiger charge is -2.13. The molecule has 0 spiro atoms. The summed E-state index contributed by atoms with van der Waals surface area (Å²) in [4.78, 5) is 0. The van der Waals surface area contributed by atoms with Gasteiger partial charge in [0.15, 0.2) is 0 Å². The van der Waals surface area contributed by atoms with Crippen LogP contribution in [-0.4, -0.2) is 0 Å². The second-order valence-corrected chi connectivity index (χ2v) is 5.18. The first-order valence-electron chi connectivity index (χ1n) is 7.02. The first-order chi connectivity index (χ1) is 10.6. The lowest BCUT2D eigenvalue weighted by molar-refractivity contribution is 0.479. The van der Waals surface area contributed by atoms with Crippen molar-refractivity contribution < 1.29 is 9.13 Å². The maximum absolute atomic E-state index is 13.3. The number of ether oxygens (including phenoxy) is 1. The molecule has 3 aromatic carbocycles. The molecule has 0 aliphatic rings. The Hall–Kier alpha value is -2.81. The van der Waals surface area contributed by atoms with E-state index in [9.17, 15) is 4.39 Å². The van der Waals surface area contributed by atoms with Crippen molar-refractivity contribution in [1.82, 2.24) is 0 Å². The molecule has 0 fully saturated rings. The minimum absolute atomic E-state index is 0.335. The van der Waals surface area contributed by atoms with Gasteiger partial charge >= 0.3 is 0 Å².